The van der Waals surface area contributed by atoms with E-state index in [0.29, 0.717) is 0 Å². The molecule has 46 valence electrons. The summed E-state index contributed by atoms with van der Waals surface area (Å²) >= 11 is 2.19. The Morgan fingerprint density at radius 2 is 2.50 bits per heavy atom. The van der Waals surface area contributed by atoms with E-state index in [1.54, 1.807) is 6.21 Å². The van der Waals surface area contributed by atoms with Gasteiger partial charge in [0.25, 0.3) is 0 Å². The van der Waals surface area contributed by atoms with Gasteiger partial charge in [0.1, 0.15) is 0 Å². The fraction of sp³-hybridized carbons (Fsp3) is 0.400. The minimum absolute atomic E-state index is 0.825. The van der Waals surface area contributed by atoms with Gasteiger partial charge in [-0.1, -0.05) is 22.6 Å². The number of alkyl halides is 1. The van der Waals surface area contributed by atoms with E-state index < -0.39 is 0 Å². The van der Waals surface area contributed by atoms with E-state index in [0.717, 1.165) is 4.55 Å². The number of hydrogen-bond acceptors (Lipinski definition) is 2. The zero-order valence-electron chi connectivity index (χ0n) is 4.76. The second-order valence-corrected chi connectivity index (χ2v) is 1.78. The van der Waals surface area contributed by atoms with Crippen LogP contribution in [0.3, 0.4) is 0 Å². The van der Waals surface area contributed by atoms with Crippen LogP contribution >= 0.6 is 22.6 Å². The zero-order chi connectivity index (χ0) is 6.24. The molecule has 3 heteroatoms. The molecule has 2 nitrogen and oxygen atoms in total. The molecule has 0 aromatic carbocycles. The van der Waals surface area contributed by atoms with Crippen molar-refractivity contribution in [3.63, 3.8) is 0 Å². The number of nitrogens with one attached hydrogen (secondary N) is 1. The monoisotopic (exact) mass is 224 g/mol. The summed E-state index contributed by atoms with van der Waals surface area (Å²) in [6.07, 6.45) is 5.46. The van der Waals surface area contributed by atoms with Gasteiger partial charge in [-0.15, -0.1) is 0 Å². The number of aliphatic imine (C=N–C) groups is 1. The zero-order valence-corrected chi connectivity index (χ0v) is 6.92. The quantitative estimate of drug-likeness (QED) is 0.331. The van der Waals surface area contributed by atoms with E-state index in [1.165, 1.54) is 0 Å². The average Bonchev–Trinajstić information content (AvgIpc) is 1.81. The second-order valence-electron chi connectivity index (χ2n) is 1.10. The molecule has 0 amide bonds. The van der Waals surface area contributed by atoms with Gasteiger partial charge in [0.05, 0.1) is 4.55 Å². The van der Waals surface area contributed by atoms with E-state index in [2.05, 4.69) is 32.9 Å². The van der Waals surface area contributed by atoms with Gasteiger partial charge in [-0.3, -0.25) is 4.99 Å². The predicted octanol–water partition coefficient (Wildman–Crippen LogP) is 1.18. The van der Waals surface area contributed by atoms with Crippen LogP contribution in [-0.4, -0.2) is 17.8 Å². The van der Waals surface area contributed by atoms with Crippen LogP contribution in [0.15, 0.2) is 17.3 Å². The number of nitrogens with zero attached hydrogens (tertiary/aromatic N) is 1. The van der Waals surface area contributed by atoms with E-state index in [-0.39, 0.29) is 0 Å². The van der Waals surface area contributed by atoms with Gasteiger partial charge in [0, 0.05) is 13.3 Å². The van der Waals surface area contributed by atoms with Crippen LogP contribution in [0.1, 0.15) is 0 Å². The van der Waals surface area contributed by atoms with Crippen LogP contribution in [0.25, 0.3) is 0 Å². The lowest BCUT2D eigenvalue weighted by molar-refractivity contribution is 1.11. The van der Waals surface area contributed by atoms with Crippen molar-refractivity contribution in [3.05, 3.63) is 12.3 Å². The first-order chi connectivity index (χ1) is 3.91. The van der Waals surface area contributed by atoms with Crippen LogP contribution in [-0.2, 0) is 0 Å². The van der Waals surface area contributed by atoms with E-state index in [9.17, 15) is 0 Å². The Morgan fingerprint density at radius 3 is 3.00 bits per heavy atom. The largest absolute Gasteiger partial charge is 0.394 e. The molecule has 0 aliphatic rings. The first-order valence-corrected chi connectivity index (χ1v) is 3.82. The van der Waals surface area contributed by atoms with Crippen LogP contribution < -0.4 is 5.32 Å². The fourth-order valence-corrected chi connectivity index (χ4v) is 0.467. The number of hydrogen-bond donors (Lipinski definition) is 1. The summed E-state index contributed by atoms with van der Waals surface area (Å²) < 4.78 is 0.825. The van der Waals surface area contributed by atoms with Crippen molar-refractivity contribution in [2.75, 3.05) is 11.6 Å². The number of halogens is 1. The van der Waals surface area contributed by atoms with Crippen molar-refractivity contribution in [1.82, 2.24) is 5.32 Å². The predicted molar refractivity (Wildman–Crippen MR) is 45.6 cm³/mol. The van der Waals surface area contributed by atoms with Gasteiger partial charge < -0.3 is 5.32 Å². The van der Waals surface area contributed by atoms with Gasteiger partial charge in [-0.25, -0.2) is 0 Å². The summed E-state index contributed by atoms with van der Waals surface area (Å²) in [5.41, 5.74) is 0. The SMILES string of the molecule is CN/C=C\C=N/CI. The molecule has 0 bridgehead atoms. The highest BCUT2D eigenvalue weighted by molar-refractivity contribution is 14.1. The molecule has 1 N–H and O–H groups in total. The highest BCUT2D eigenvalue weighted by Gasteiger charge is 1.61. The van der Waals surface area contributed by atoms with Crippen LogP contribution in [0.5, 0.6) is 0 Å². The highest BCUT2D eigenvalue weighted by atomic mass is 127. The smallest absolute Gasteiger partial charge is 0.0904 e. The third-order valence-corrected chi connectivity index (χ3v) is 0.917. The van der Waals surface area contributed by atoms with Crippen molar-refractivity contribution in [2.45, 2.75) is 0 Å². The molecule has 0 aromatic heterocycles. The molecule has 0 fully saturated rings. The van der Waals surface area contributed by atoms with Gasteiger partial charge in [-0.05, 0) is 12.3 Å². The lowest BCUT2D eigenvalue weighted by Gasteiger charge is -1.78. The van der Waals surface area contributed by atoms with Gasteiger partial charge in [-0.2, -0.15) is 0 Å². The maximum atomic E-state index is 3.94. The minimum Gasteiger partial charge on any atom is -0.394 e. The fourth-order valence-electron chi connectivity index (χ4n) is 0.240. The van der Waals surface area contributed by atoms with Crippen molar-refractivity contribution in [2.24, 2.45) is 4.99 Å². The molecule has 0 aliphatic heterocycles. The molecular weight excluding hydrogens is 215 g/mol. The molecule has 0 saturated heterocycles. The summed E-state index contributed by atoms with van der Waals surface area (Å²) in [5, 5.41) is 2.85. The summed E-state index contributed by atoms with van der Waals surface area (Å²) in [4.78, 5) is 3.94. The standard InChI is InChI=1S/C5H9IN2/c1-7-3-2-4-8-5-6/h2-4,7H,5H2,1H3/b3-2-,8-4-. The maximum Gasteiger partial charge on any atom is 0.0904 e. The number of rotatable bonds is 3. The summed E-state index contributed by atoms with van der Waals surface area (Å²) in [5.74, 6) is 0. The van der Waals surface area contributed by atoms with Crippen molar-refractivity contribution < 1.29 is 0 Å². The van der Waals surface area contributed by atoms with Crippen LogP contribution in [0, 0.1) is 0 Å². The molecule has 0 spiro atoms. The van der Waals surface area contributed by atoms with Crippen molar-refractivity contribution in [3.8, 4) is 0 Å². The Bertz CT molecular complexity index is 76.4. The van der Waals surface area contributed by atoms with E-state index >= 15 is 0 Å². The lowest BCUT2D eigenvalue weighted by Crippen LogP contribution is -1.90. The highest BCUT2D eigenvalue weighted by Crippen LogP contribution is 1.78. The van der Waals surface area contributed by atoms with Gasteiger partial charge >= 0.3 is 0 Å². The normalized spacial score (nSPS) is 11.2. The molecule has 0 heterocycles. The third kappa shape index (κ3) is 5.94. The summed E-state index contributed by atoms with van der Waals surface area (Å²) in [7, 11) is 1.86. The second kappa shape index (κ2) is 6.94. The Labute approximate surface area is 63.2 Å². The lowest BCUT2D eigenvalue weighted by atomic mass is 10.6. The first kappa shape index (κ1) is 7.94. The molecular formula is C5H9IN2. The maximum absolute atomic E-state index is 3.94. The first-order valence-electron chi connectivity index (χ1n) is 2.30. The topological polar surface area (TPSA) is 24.4 Å². The minimum atomic E-state index is 0.825. The van der Waals surface area contributed by atoms with E-state index in [4.69, 9.17) is 0 Å². The van der Waals surface area contributed by atoms with Crippen molar-refractivity contribution >= 4 is 28.8 Å². The third-order valence-electron chi connectivity index (χ3n) is 0.523. The Hall–Kier alpha value is -0.0600. The van der Waals surface area contributed by atoms with Crippen LogP contribution in [0.4, 0.5) is 0 Å². The average molecular weight is 224 g/mol. The Kier molecular flexibility index (Phi) is 6.89. The number of allylic oxidation sites excluding steroid dienone is 1. The molecule has 0 rings (SSSR count). The molecule has 0 atom stereocenters. The molecule has 0 radical (unpaired) electrons. The molecule has 8 heavy (non-hydrogen) atoms. The molecule has 0 aromatic rings. The van der Waals surface area contributed by atoms with E-state index in [1.807, 2.05) is 19.3 Å². The molecule has 0 unspecified atom stereocenters. The Morgan fingerprint density at radius 1 is 1.75 bits per heavy atom. The van der Waals surface area contributed by atoms with Gasteiger partial charge in [0.15, 0.2) is 0 Å². The summed E-state index contributed by atoms with van der Waals surface area (Å²) in [6.45, 7) is 0. The van der Waals surface area contributed by atoms with Gasteiger partial charge in [0.2, 0.25) is 0 Å². The molecule has 0 saturated carbocycles. The summed E-state index contributed by atoms with van der Waals surface area (Å²) in [6, 6.07) is 0. The van der Waals surface area contributed by atoms with Crippen LogP contribution in [0.2, 0.25) is 0 Å². The molecule has 0 aliphatic carbocycles. The van der Waals surface area contributed by atoms with Crippen molar-refractivity contribution in [1.29, 1.82) is 0 Å². The Balaban J connectivity index is 3.13.